The molecule has 0 radical (unpaired) electrons. The standard InChI is InChI=1S/C46H29NS/c1-3-11-30(12-4-1)34-25-35(31-13-5-2-6-14-31)27-36(26-34)32-19-22-37(23-20-32)47-43-17-9-7-15-38(43)42-29-41-33(28-44(42)47)21-24-40-39-16-8-10-18-45(39)48-46(40)41/h1-29H. The van der Waals surface area contributed by atoms with Gasteiger partial charge in [-0.25, -0.2) is 0 Å². The van der Waals surface area contributed by atoms with Crippen LogP contribution in [0.15, 0.2) is 176 Å². The highest BCUT2D eigenvalue weighted by atomic mass is 32.1. The number of thiophene rings is 1. The monoisotopic (exact) mass is 627 g/mol. The lowest BCUT2D eigenvalue weighted by Gasteiger charge is -2.13. The minimum atomic E-state index is 1.16. The van der Waals surface area contributed by atoms with Crippen LogP contribution < -0.4 is 0 Å². The van der Waals surface area contributed by atoms with E-state index in [0.29, 0.717) is 0 Å². The molecule has 0 saturated carbocycles. The number of fused-ring (bicyclic) bond motifs is 8. The van der Waals surface area contributed by atoms with Gasteiger partial charge in [-0.05, 0) is 93.4 Å². The molecule has 2 heterocycles. The number of hydrogen-bond acceptors (Lipinski definition) is 1. The Morgan fingerprint density at radius 3 is 1.60 bits per heavy atom. The first-order valence-electron chi connectivity index (χ1n) is 16.4. The van der Waals surface area contributed by atoms with Crippen LogP contribution in [0.5, 0.6) is 0 Å². The lowest BCUT2D eigenvalue weighted by atomic mass is 9.93. The van der Waals surface area contributed by atoms with Gasteiger partial charge in [0, 0.05) is 42.0 Å². The van der Waals surface area contributed by atoms with Gasteiger partial charge < -0.3 is 4.57 Å². The normalized spacial score (nSPS) is 11.8. The van der Waals surface area contributed by atoms with Gasteiger partial charge in [0.05, 0.1) is 11.0 Å². The molecule has 0 atom stereocenters. The van der Waals surface area contributed by atoms with Crippen LogP contribution in [0.2, 0.25) is 0 Å². The molecule has 0 unspecified atom stereocenters. The quantitative estimate of drug-likeness (QED) is 0.183. The van der Waals surface area contributed by atoms with Crippen molar-refractivity contribution >= 4 is 64.1 Å². The molecule has 0 aliphatic rings. The molecule has 2 aromatic heterocycles. The number of rotatable bonds is 4. The summed E-state index contributed by atoms with van der Waals surface area (Å²) in [4.78, 5) is 0. The minimum absolute atomic E-state index is 1.16. The van der Waals surface area contributed by atoms with Gasteiger partial charge in [-0.15, -0.1) is 11.3 Å². The predicted octanol–water partition coefficient (Wildman–Crippen LogP) is 13.3. The van der Waals surface area contributed by atoms with Crippen molar-refractivity contribution in [1.82, 2.24) is 4.57 Å². The molecular formula is C46H29NS. The number of nitrogens with zero attached hydrogens (tertiary/aromatic N) is 1. The third-order valence-corrected chi connectivity index (χ3v) is 11.0. The summed E-state index contributed by atoms with van der Waals surface area (Å²) in [6, 6.07) is 64.4. The van der Waals surface area contributed by atoms with Crippen molar-refractivity contribution in [2.45, 2.75) is 0 Å². The van der Waals surface area contributed by atoms with Crippen LogP contribution in [-0.2, 0) is 0 Å². The third-order valence-electron chi connectivity index (χ3n) is 9.76. The Bertz CT molecular complexity index is 2750. The fourth-order valence-electron chi connectivity index (χ4n) is 7.44. The van der Waals surface area contributed by atoms with Crippen LogP contribution in [0.1, 0.15) is 0 Å². The Kier molecular flexibility index (Phi) is 6.12. The van der Waals surface area contributed by atoms with E-state index in [1.165, 1.54) is 86.1 Å². The average Bonchev–Trinajstić information content (AvgIpc) is 3.70. The summed E-state index contributed by atoms with van der Waals surface area (Å²) in [6.45, 7) is 0. The average molecular weight is 628 g/mol. The van der Waals surface area contributed by atoms with Crippen molar-refractivity contribution in [2.24, 2.45) is 0 Å². The van der Waals surface area contributed by atoms with Crippen molar-refractivity contribution < 1.29 is 0 Å². The zero-order chi connectivity index (χ0) is 31.6. The van der Waals surface area contributed by atoms with Crippen LogP contribution in [-0.4, -0.2) is 4.57 Å². The van der Waals surface area contributed by atoms with Crippen molar-refractivity contribution in [3.05, 3.63) is 176 Å². The van der Waals surface area contributed by atoms with Crippen LogP contribution in [0.4, 0.5) is 0 Å². The highest BCUT2D eigenvalue weighted by Crippen LogP contribution is 2.42. The van der Waals surface area contributed by atoms with Gasteiger partial charge in [-0.3, -0.25) is 0 Å². The summed E-state index contributed by atoms with van der Waals surface area (Å²) in [5, 5.41) is 7.84. The largest absolute Gasteiger partial charge is 0.309 e. The smallest absolute Gasteiger partial charge is 0.0547 e. The molecule has 10 aromatic rings. The lowest BCUT2D eigenvalue weighted by molar-refractivity contribution is 1.18. The molecule has 10 rings (SSSR count). The minimum Gasteiger partial charge on any atom is -0.309 e. The molecule has 224 valence electrons. The van der Waals surface area contributed by atoms with E-state index in [-0.39, 0.29) is 0 Å². The molecule has 0 N–H and O–H groups in total. The number of benzene rings is 8. The van der Waals surface area contributed by atoms with Crippen LogP contribution in [0.25, 0.3) is 91.8 Å². The van der Waals surface area contributed by atoms with E-state index in [2.05, 4.69) is 180 Å². The molecule has 48 heavy (non-hydrogen) atoms. The van der Waals surface area contributed by atoms with Crippen LogP contribution in [0.3, 0.4) is 0 Å². The second kappa shape index (κ2) is 10.8. The van der Waals surface area contributed by atoms with E-state index in [1.807, 2.05) is 11.3 Å². The first kappa shape index (κ1) is 27.2. The van der Waals surface area contributed by atoms with E-state index in [4.69, 9.17) is 0 Å². The van der Waals surface area contributed by atoms with Gasteiger partial charge in [0.1, 0.15) is 0 Å². The lowest BCUT2D eigenvalue weighted by Crippen LogP contribution is -1.94. The Labute approximate surface area is 282 Å². The maximum atomic E-state index is 2.43. The topological polar surface area (TPSA) is 4.93 Å². The summed E-state index contributed by atoms with van der Waals surface area (Å²) in [7, 11) is 0. The van der Waals surface area contributed by atoms with E-state index < -0.39 is 0 Å². The Morgan fingerprint density at radius 2 is 0.917 bits per heavy atom. The van der Waals surface area contributed by atoms with Crippen LogP contribution >= 0.6 is 11.3 Å². The molecule has 0 amide bonds. The second-order valence-corrected chi connectivity index (χ2v) is 13.6. The number of para-hydroxylation sites is 1. The third kappa shape index (κ3) is 4.31. The van der Waals surface area contributed by atoms with Gasteiger partial charge in [0.15, 0.2) is 0 Å². The summed E-state index contributed by atoms with van der Waals surface area (Å²) >= 11 is 1.90. The number of hydrogen-bond donors (Lipinski definition) is 0. The first-order valence-corrected chi connectivity index (χ1v) is 17.2. The summed E-state index contributed by atoms with van der Waals surface area (Å²) in [5.41, 5.74) is 10.9. The van der Waals surface area contributed by atoms with E-state index in [1.54, 1.807) is 0 Å². The Morgan fingerprint density at radius 1 is 0.333 bits per heavy atom. The fraction of sp³-hybridized carbons (Fsp3) is 0. The maximum absolute atomic E-state index is 2.43. The van der Waals surface area contributed by atoms with Gasteiger partial charge in [0.2, 0.25) is 0 Å². The molecule has 0 bridgehead atoms. The number of aromatic nitrogens is 1. The zero-order valence-corrected chi connectivity index (χ0v) is 26.9. The Balaban J connectivity index is 1.14. The predicted molar refractivity (Wildman–Crippen MR) is 207 cm³/mol. The highest BCUT2D eigenvalue weighted by molar-refractivity contribution is 7.26. The van der Waals surface area contributed by atoms with Gasteiger partial charge in [-0.2, -0.15) is 0 Å². The summed E-state index contributed by atoms with van der Waals surface area (Å²) in [5.74, 6) is 0. The Hall–Kier alpha value is -5.96. The molecule has 8 aromatic carbocycles. The molecule has 0 aliphatic carbocycles. The van der Waals surface area contributed by atoms with Crippen molar-refractivity contribution in [3.63, 3.8) is 0 Å². The molecule has 0 saturated heterocycles. The van der Waals surface area contributed by atoms with Crippen molar-refractivity contribution in [1.29, 1.82) is 0 Å². The molecule has 0 aliphatic heterocycles. The molecule has 0 fully saturated rings. The van der Waals surface area contributed by atoms with Crippen molar-refractivity contribution in [3.8, 4) is 39.1 Å². The second-order valence-electron chi connectivity index (χ2n) is 12.6. The zero-order valence-electron chi connectivity index (χ0n) is 26.1. The maximum Gasteiger partial charge on any atom is 0.0547 e. The molecule has 2 heteroatoms. The van der Waals surface area contributed by atoms with Gasteiger partial charge in [-0.1, -0.05) is 121 Å². The molecule has 1 nitrogen and oxygen atoms in total. The van der Waals surface area contributed by atoms with E-state index in [9.17, 15) is 0 Å². The van der Waals surface area contributed by atoms with Gasteiger partial charge >= 0.3 is 0 Å². The summed E-state index contributed by atoms with van der Waals surface area (Å²) in [6.07, 6.45) is 0. The van der Waals surface area contributed by atoms with E-state index in [0.717, 1.165) is 5.69 Å². The van der Waals surface area contributed by atoms with Crippen LogP contribution in [0, 0.1) is 0 Å². The van der Waals surface area contributed by atoms with Crippen molar-refractivity contribution in [2.75, 3.05) is 0 Å². The van der Waals surface area contributed by atoms with E-state index >= 15 is 0 Å². The van der Waals surface area contributed by atoms with Gasteiger partial charge in [0.25, 0.3) is 0 Å². The first-order chi connectivity index (χ1) is 23.8. The highest BCUT2D eigenvalue weighted by Gasteiger charge is 2.16. The SMILES string of the molecule is c1ccc(-c2cc(-c3ccccc3)cc(-c3ccc(-n4c5ccccc5c5cc6c(ccc7c8ccccc8sc67)cc54)cc3)c2)cc1. The fourth-order valence-corrected chi connectivity index (χ4v) is 8.67. The summed E-state index contributed by atoms with van der Waals surface area (Å²) < 4.78 is 5.14. The molecular weight excluding hydrogens is 599 g/mol. The molecule has 0 spiro atoms.